The molecule has 0 spiro atoms. The largest absolute Gasteiger partial charge is 0.380 e. The van der Waals surface area contributed by atoms with Crippen molar-refractivity contribution in [2.45, 2.75) is 46.1 Å². The molecule has 17 heavy (non-hydrogen) atoms. The molecule has 0 aromatic rings. The van der Waals surface area contributed by atoms with Crippen molar-refractivity contribution in [1.82, 2.24) is 10.2 Å². The van der Waals surface area contributed by atoms with Crippen LogP contribution in [0.1, 0.15) is 40.0 Å². The first-order valence-electron chi connectivity index (χ1n) is 6.75. The van der Waals surface area contributed by atoms with Gasteiger partial charge in [-0.3, -0.25) is 10.1 Å². The lowest BCUT2D eigenvalue weighted by Crippen LogP contribution is -2.32. The van der Waals surface area contributed by atoms with E-state index in [0.29, 0.717) is 25.7 Å². The molecule has 1 amide bonds. The molecule has 0 aliphatic carbocycles. The normalized spacial score (nSPS) is 20.6. The molecule has 0 aromatic carbocycles. The monoisotopic (exact) mass is 242 g/mol. The van der Waals surface area contributed by atoms with Crippen molar-refractivity contribution in [2.75, 3.05) is 26.4 Å². The fourth-order valence-corrected chi connectivity index (χ4v) is 1.91. The molecule has 1 unspecified atom stereocenters. The van der Waals surface area contributed by atoms with Crippen molar-refractivity contribution in [2.24, 2.45) is 5.92 Å². The van der Waals surface area contributed by atoms with Crippen molar-refractivity contribution >= 4 is 5.91 Å². The number of nitrogens with one attached hydrogen (secondary N) is 1. The Morgan fingerprint density at radius 2 is 2.24 bits per heavy atom. The summed E-state index contributed by atoms with van der Waals surface area (Å²) in [6.07, 6.45) is 3.07. The third-order valence-electron chi connectivity index (χ3n) is 3.06. The van der Waals surface area contributed by atoms with Crippen LogP contribution in [-0.4, -0.2) is 43.3 Å². The Hall–Kier alpha value is -0.610. The molecule has 100 valence electrons. The number of hydrogen-bond donors (Lipinski definition) is 1. The molecule has 4 heteroatoms. The van der Waals surface area contributed by atoms with Gasteiger partial charge in [0.25, 0.3) is 0 Å². The van der Waals surface area contributed by atoms with Gasteiger partial charge in [-0.15, -0.1) is 0 Å². The summed E-state index contributed by atoms with van der Waals surface area (Å²) in [4.78, 5) is 13.7. The lowest BCUT2D eigenvalue weighted by atomic mass is 10.1. The van der Waals surface area contributed by atoms with E-state index in [1.165, 1.54) is 0 Å². The first-order chi connectivity index (χ1) is 8.15. The number of rotatable bonds is 8. The van der Waals surface area contributed by atoms with E-state index in [1.807, 2.05) is 4.90 Å². The van der Waals surface area contributed by atoms with Crippen molar-refractivity contribution in [3.8, 4) is 0 Å². The number of ether oxygens (including phenoxy) is 1. The quantitative estimate of drug-likeness (QED) is 0.657. The maximum atomic E-state index is 11.9. The molecule has 1 aliphatic heterocycles. The zero-order valence-corrected chi connectivity index (χ0v) is 11.4. The SMILES string of the molecule is CCCC1NCN(CCOCCC(C)C)C1=O. The highest BCUT2D eigenvalue weighted by atomic mass is 16.5. The van der Waals surface area contributed by atoms with Crippen molar-refractivity contribution in [3.63, 3.8) is 0 Å². The maximum absolute atomic E-state index is 11.9. The predicted octanol–water partition coefficient (Wildman–Crippen LogP) is 1.61. The fraction of sp³-hybridized carbons (Fsp3) is 0.923. The van der Waals surface area contributed by atoms with Crippen LogP contribution in [0.15, 0.2) is 0 Å². The molecule has 1 saturated heterocycles. The zero-order valence-electron chi connectivity index (χ0n) is 11.4. The van der Waals surface area contributed by atoms with E-state index in [2.05, 4.69) is 26.1 Å². The molecule has 4 nitrogen and oxygen atoms in total. The number of hydrogen-bond acceptors (Lipinski definition) is 3. The highest BCUT2D eigenvalue weighted by molar-refractivity contribution is 5.83. The average Bonchev–Trinajstić information content (AvgIpc) is 2.61. The molecule has 0 aromatic heterocycles. The van der Waals surface area contributed by atoms with Crippen molar-refractivity contribution in [1.29, 1.82) is 0 Å². The summed E-state index contributed by atoms with van der Waals surface area (Å²) >= 11 is 0. The van der Waals surface area contributed by atoms with E-state index in [9.17, 15) is 4.79 Å². The van der Waals surface area contributed by atoms with E-state index in [1.54, 1.807) is 0 Å². The third-order valence-corrected chi connectivity index (χ3v) is 3.06. The standard InChI is InChI=1S/C13H26N2O2/c1-4-5-12-13(16)15(10-14-12)7-9-17-8-6-11(2)3/h11-12,14H,4-10H2,1-3H3. The molecule has 1 aliphatic rings. The van der Waals surface area contributed by atoms with Crippen LogP contribution in [0.5, 0.6) is 0 Å². The molecule has 0 saturated carbocycles. The van der Waals surface area contributed by atoms with E-state index in [0.717, 1.165) is 25.9 Å². The maximum Gasteiger partial charge on any atom is 0.240 e. The fourth-order valence-electron chi connectivity index (χ4n) is 1.91. The van der Waals surface area contributed by atoms with Gasteiger partial charge in [0.1, 0.15) is 0 Å². The highest BCUT2D eigenvalue weighted by Gasteiger charge is 2.29. The van der Waals surface area contributed by atoms with Crippen LogP contribution in [0, 0.1) is 5.92 Å². The van der Waals surface area contributed by atoms with Crippen LogP contribution in [-0.2, 0) is 9.53 Å². The van der Waals surface area contributed by atoms with E-state index in [-0.39, 0.29) is 11.9 Å². The minimum atomic E-state index is 0.0377. The van der Waals surface area contributed by atoms with E-state index >= 15 is 0 Å². The Labute approximate surface area is 105 Å². The summed E-state index contributed by atoms with van der Waals surface area (Å²) in [5.74, 6) is 0.915. The molecule has 1 N–H and O–H groups in total. The van der Waals surface area contributed by atoms with Crippen LogP contribution < -0.4 is 5.32 Å². The van der Waals surface area contributed by atoms with E-state index in [4.69, 9.17) is 4.74 Å². The van der Waals surface area contributed by atoms with Crippen molar-refractivity contribution < 1.29 is 9.53 Å². The van der Waals surface area contributed by atoms with Gasteiger partial charge in [-0.05, 0) is 18.8 Å². The topological polar surface area (TPSA) is 41.6 Å². The van der Waals surface area contributed by atoms with Crippen LogP contribution in [0.4, 0.5) is 0 Å². The summed E-state index contributed by atoms with van der Waals surface area (Å²) in [7, 11) is 0. The zero-order chi connectivity index (χ0) is 12.7. The second-order valence-corrected chi connectivity index (χ2v) is 5.10. The minimum absolute atomic E-state index is 0.0377. The number of carbonyl (C=O) groups is 1. The Bertz CT molecular complexity index is 231. The summed E-state index contributed by atoms with van der Waals surface area (Å²) < 4.78 is 5.53. The van der Waals surface area contributed by atoms with Crippen LogP contribution in [0.3, 0.4) is 0 Å². The summed E-state index contributed by atoms with van der Waals surface area (Å²) in [5.41, 5.74) is 0. The van der Waals surface area contributed by atoms with Crippen LogP contribution >= 0.6 is 0 Å². The molecular formula is C13H26N2O2. The van der Waals surface area contributed by atoms with Gasteiger partial charge in [0, 0.05) is 13.2 Å². The van der Waals surface area contributed by atoms with Gasteiger partial charge in [-0.1, -0.05) is 27.2 Å². The third kappa shape index (κ3) is 5.04. The molecule has 0 bridgehead atoms. The first kappa shape index (κ1) is 14.5. The molecular weight excluding hydrogens is 216 g/mol. The Kier molecular flexibility index (Phi) is 6.52. The second kappa shape index (κ2) is 7.67. The lowest BCUT2D eigenvalue weighted by Gasteiger charge is -2.15. The molecule has 1 fully saturated rings. The Morgan fingerprint density at radius 3 is 2.88 bits per heavy atom. The van der Waals surface area contributed by atoms with Gasteiger partial charge in [0.15, 0.2) is 0 Å². The van der Waals surface area contributed by atoms with E-state index < -0.39 is 0 Å². The molecule has 1 heterocycles. The Morgan fingerprint density at radius 1 is 1.47 bits per heavy atom. The summed E-state index contributed by atoms with van der Waals surface area (Å²) in [6.45, 7) is 9.32. The number of carbonyl (C=O) groups excluding carboxylic acids is 1. The van der Waals surface area contributed by atoms with Gasteiger partial charge < -0.3 is 9.64 Å². The van der Waals surface area contributed by atoms with Crippen LogP contribution in [0.2, 0.25) is 0 Å². The van der Waals surface area contributed by atoms with Gasteiger partial charge in [0.2, 0.25) is 5.91 Å². The second-order valence-electron chi connectivity index (χ2n) is 5.10. The van der Waals surface area contributed by atoms with Gasteiger partial charge in [0.05, 0.1) is 19.3 Å². The average molecular weight is 242 g/mol. The minimum Gasteiger partial charge on any atom is -0.380 e. The number of nitrogens with zero attached hydrogens (tertiary/aromatic N) is 1. The van der Waals surface area contributed by atoms with Crippen LogP contribution in [0.25, 0.3) is 0 Å². The smallest absolute Gasteiger partial charge is 0.240 e. The molecule has 1 rings (SSSR count). The lowest BCUT2D eigenvalue weighted by molar-refractivity contribution is -0.129. The van der Waals surface area contributed by atoms with Gasteiger partial charge >= 0.3 is 0 Å². The summed E-state index contributed by atoms with van der Waals surface area (Å²) in [5, 5.41) is 3.24. The first-order valence-corrected chi connectivity index (χ1v) is 6.75. The molecule has 1 atom stereocenters. The summed E-state index contributed by atoms with van der Waals surface area (Å²) in [6, 6.07) is 0.0377. The van der Waals surface area contributed by atoms with Crippen molar-refractivity contribution in [3.05, 3.63) is 0 Å². The predicted molar refractivity (Wildman–Crippen MR) is 68.7 cm³/mol. The highest BCUT2D eigenvalue weighted by Crippen LogP contribution is 2.08. The Balaban J connectivity index is 2.10. The number of amides is 1. The van der Waals surface area contributed by atoms with Gasteiger partial charge in [-0.25, -0.2) is 0 Å². The molecule has 0 radical (unpaired) electrons. The van der Waals surface area contributed by atoms with Gasteiger partial charge in [-0.2, -0.15) is 0 Å².